The molecule has 0 heterocycles. The van der Waals surface area contributed by atoms with Crippen molar-refractivity contribution >= 4 is 14.1 Å². The molecule has 2 rings (SSSR count). The number of ether oxygens (including phenoxy) is 2. The molecule has 19 heavy (non-hydrogen) atoms. The number of methoxy groups -OCH3 is 2. The average molecular weight is 280 g/mol. The third-order valence-electron chi connectivity index (χ3n) is 3.59. The van der Waals surface area contributed by atoms with Crippen LogP contribution in [0.4, 0.5) is 0 Å². The summed E-state index contributed by atoms with van der Waals surface area (Å²) in [5.74, 6) is 1.34. The number of hydrogen-bond acceptors (Lipinski definition) is 3. The highest BCUT2D eigenvalue weighted by atomic mass is 31.1. The van der Waals surface area contributed by atoms with Crippen molar-refractivity contribution in [2.75, 3.05) is 14.2 Å². The van der Waals surface area contributed by atoms with Crippen molar-refractivity contribution in [1.29, 1.82) is 0 Å². The highest BCUT2D eigenvalue weighted by Crippen LogP contribution is 2.37. The van der Waals surface area contributed by atoms with Gasteiger partial charge in [0.25, 0.3) is 0 Å². The van der Waals surface area contributed by atoms with Crippen molar-refractivity contribution in [3.8, 4) is 11.5 Å². The van der Waals surface area contributed by atoms with Gasteiger partial charge in [0.1, 0.15) is 11.5 Å². The van der Waals surface area contributed by atoms with E-state index < -0.39 is 0 Å². The Morgan fingerprint density at radius 2 is 1.89 bits per heavy atom. The van der Waals surface area contributed by atoms with Gasteiger partial charge in [0.15, 0.2) is 5.52 Å². The topological polar surface area (TPSA) is 35.5 Å². The molecule has 3 nitrogen and oxygen atoms in total. The molecule has 0 bridgehead atoms. The lowest BCUT2D eigenvalue weighted by Crippen LogP contribution is -2.10. The summed E-state index contributed by atoms with van der Waals surface area (Å²) >= 11 is 0. The maximum Gasteiger partial charge on any atom is 0.185 e. The van der Waals surface area contributed by atoms with Gasteiger partial charge in [-0.1, -0.05) is 19.3 Å². The van der Waals surface area contributed by atoms with E-state index in [1.54, 1.807) is 20.3 Å². The van der Waals surface area contributed by atoms with E-state index >= 15 is 0 Å². The zero-order valence-corrected chi connectivity index (χ0v) is 12.6. The zero-order valence-electron chi connectivity index (χ0n) is 11.6. The predicted octanol–water partition coefficient (Wildman–Crippen LogP) is 3.86. The van der Waals surface area contributed by atoms with E-state index in [1.807, 2.05) is 12.1 Å². The molecular weight excluding hydrogens is 259 g/mol. The Labute approximate surface area is 116 Å². The minimum absolute atomic E-state index is 0.214. The first-order valence-corrected chi connectivity index (χ1v) is 7.85. The van der Waals surface area contributed by atoms with Gasteiger partial charge in [-0.15, -0.1) is 0 Å². The molecule has 0 N–H and O–H groups in total. The SMILES string of the molecule is COc1ccc(C(=O)PC2CCCCC2)c(OC)c1. The molecule has 1 aliphatic rings. The molecule has 1 unspecified atom stereocenters. The van der Waals surface area contributed by atoms with Crippen LogP contribution >= 0.6 is 8.58 Å². The summed E-state index contributed by atoms with van der Waals surface area (Å²) in [6, 6.07) is 5.41. The Balaban J connectivity index is 2.09. The molecule has 1 aliphatic carbocycles. The van der Waals surface area contributed by atoms with Gasteiger partial charge in [0, 0.05) is 6.07 Å². The Morgan fingerprint density at radius 3 is 2.53 bits per heavy atom. The monoisotopic (exact) mass is 280 g/mol. The molecule has 4 heteroatoms. The van der Waals surface area contributed by atoms with Crippen molar-refractivity contribution in [3.05, 3.63) is 23.8 Å². The van der Waals surface area contributed by atoms with Crippen LogP contribution in [0.15, 0.2) is 18.2 Å². The molecule has 0 saturated heterocycles. The number of rotatable bonds is 5. The standard InChI is InChI=1S/C15H21O3P/c1-17-11-8-9-13(14(10-11)18-2)15(16)19-12-6-4-3-5-7-12/h8-10,12,19H,3-7H2,1-2H3. The van der Waals surface area contributed by atoms with E-state index in [-0.39, 0.29) is 5.52 Å². The fourth-order valence-electron chi connectivity index (χ4n) is 2.50. The summed E-state index contributed by atoms with van der Waals surface area (Å²) < 4.78 is 10.5. The Kier molecular flexibility index (Phi) is 5.21. The molecule has 0 amide bonds. The number of benzene rings is 1. The summed E-state index contributed by atoms with van der Waals surface area (Å²) in [5.41, 5.74) is 1.48. The quantitative estimate of drug-likeness (QED) is 0.768. The first-order chi connectivity index (χ1) is 9.24. The number of carbonyl (C=O) groups is 1. The Morgan fingerprint density at radius 1 is 1.16 bits per heavy atom. The summed E-state index contributed by atoms with van der Waals surface area (Å²) in [6.45, 7) is 0. The molecule has 104 valence electrons. The first kappa shape index (κ1) is 14.3. The van der Waals surface area contributed by atoms with Gasteiger partial charge in [0.2, 0.25) is 0 Å². The van der Waals surface area contributed by atoms with Crippen LogP contribution in [0, 0.1) is 0 Å². The molecule has 0 aliphatic heterocycles. The maximum absolute atomic E-state index is 12.4. The Bertz CT molecular complexity index is 439. The third kappa shape index (κ3) is 3.70. The normalized spacial score (nSPS) is 16.7. The van der Waals surface area contributed by atoms with Crippen LogP contribution in [-0.2, 0) is 0 Å². The zero-order chi connectivity index (χ0) is 13.7. The second-order valence-electron chi connectivity index (χ2n) is 4.87. The van der Waals surface area contributed by atoms with E-state index in [2.05, 4.69) is 0 Å². The van der Waals surface area contributed by atoms with Gasteiger partial charge in [0.05, 0.1) is 19.8 Å². The van der Waals surface area contributed by atoms with Crippen LogP contribution in [0.25, 0.3) is 0 Å². The van der Waals surface area contributed by atoms with E-state index in [0.29, 0.717) is 25.6 Å². The van der Waals surface area contributed by atoms with Gasteiger partial charge in [-0.2, -0.15) is 0 Å². The molecule has 1 fully saturated rings. The van der Waals surface area contributed by atoms with Gasteiger partial charge in [-0.3, -0.25) is 4.79 Å². The second-order valence-corrected chi connectivity index (χ2v) is 6.43. The predicted molar refractivity (Wildman–Crippen MR) is 79.1 cm³/mol. The van der Waals surface area contributed by atoms with Crippen molar-refractivity contribution < 1.29 is 14.3 Å². The van der Waals surface area contributed by atoms with Crippen LogP contribution in [-0.4, -0.2) is 25.4 Å². The average Bonchev–Trinajstić information content (AvgIpc) is 2.47. The first-order valence-electron chi connectivity index (χ1n) is 6.77. The molecule has 0 spiro atoms. The number of carbonyl (C=O) groups excluding carboxylic acids is 1. The minimum Gasteiger partial charge on any atom is -0.497 e. The van der Waals surface area contributed by atoms with Crippen LogP contribution < -0.4 is 9.47 Å². The maximum atomic E-state index is 12.4. The Hall–Kier alpha value is -1.08. The van der Waals surface area contributed by atoms with Gasteiger partial charge < -0.3 is 9.47 Å². The lowest BCUT2D eigenvalue weighted by Gasteiger charge is -2.21. The van der Waals surface area contributed by atoms with Crippen molar-refractivity contribution in [2.24, 2.45) is 0 Å². The van der Waals surface area contributed by atoms with E-state index in [4.69, 9.17) is 9.47 Å². The van der Waals surface area contributed by atoms with Gasteiger partial charge >= 0.3 is 0 Å². The highest BCUT2D eigenvalue weighted by molar-refractivity contribution is 7.59. The molecular formula is C15H21O3P. The van der Waals surface area contributed by atoms with Crippen LogP contribution in [0.3, 0.4) is 0 Å². The molecule has 0 radical (unpaired) electrons. The van der Waals surface area contributed by atoms with Crippen LogP contribution in [0.1, 0.15) is 42.5 Å². The van der Waals surface area contributed by atoms with Gasteiger partial charge in [-0.05, 0) is 39.2 Å². The van der Waals surface area contributed by atoms with E-state index in [1.165, 1.54) is 32.1 Å². The summed E-state index contributed by atoms with van der Waals surface area (Å²) in [5, 5.41) is 0. The third-order valence-corrected chi connectivity index (χ3v) is 5.11. The van der Waals surface area contributed by atoms with Crippen LogP contribution in [0.2, 0.25) is 0 Å². The molecule has 1 atom stereocenters. The van der Waals surface area contributed by atoms with Crippen LogP contribution in [0.5, 0.6) is 11.5 Å². The highest BCUT2D eigenvalue weighted by Gasteiger charge is 2.20. The fourth-order valence-corrected chi connectivity index (χ4v) is 3.93. The van der Waals surface area contributed by atoms with E-state index in [9.17, 15) is 4.79 Å². The van der Waals surface area contributed by atoms with Crippen molar-refractivity contribution in [3.63, 3.8) is 0 Å². The van der Waals surface area contributed by atoms with Crippen molar-refractivity contribution in [2.45, 2.75) is 37.8 Å². The lowest BCUT2D eigenvalue weighted by atomic mass is 10.0. The summed E-state index contributed by atoms with van der Waals surface area (Å²) in [6.07, 6.45) is 6.25. The smallest absolute Gasteiger partial charge is 0.185 e. The fraction of sp³-hybridized carbons (Fsp3) is 0.533. The summed E-state index contributed by atoms with van der Waals surface area (Å²) in [7, 11) is 3.57. The van der Waals surface area contributed by atoms with E-state index in [0.717, 1.165) is 5.75 Å². The molecule has 0 aromatic heterocycles. The minimum atomic E-state index is 0.214. The molecule has 1 aromatic carbocycles. The number of hydrogen-bond donors (Lipinski definition) is 0. The largest absolute Gasteiger partial charge is 0.497 e. The molecule has 1 saturated carbocycles. The lowest BCUT2D eigenvalue weighted by molar-refractivity contribution is 0.108. The molecule has 1 aromatic rings. The second kappa shape index (κ2) is 6.91. The van der Waals surface area contributed by atoms with Crippen molar-refractivity contribution in [1.82, 2.24) is 0 Å². The van der Waals surface area contributed by atoms with Gasteiger partial charge in [-0.25, -0.2) is 0 Å². The summed E-state index contributed by atoms with van der Waals surface area (Å²) in [4.78, 5) is 12.4.